The van der Waals surface area contributed by atoms with Crippen LogP contribution in [0.25, 0.3) is 5.69 Å². The van der Waals surface area contributed by atoms with Crippen molar-refractivity contribution in [1.82, 2.24) is 14.8 Å². The molecule has 0 fully saturated rings. The molecule has 0 saturated heterocycles. The lowest BCUT2D eigenvalue weighted by Crippen LogP contribution is -1.99. The standard InChI is InChI=1S/C9H6ClN5/c10-7-5-15(14-9(7)12)8-4-13-2-1-6(8)3-11/h1-2,4-5H,(H2,12,14). The Labute approximate surface area is 90.7 Å². The van der Waals surface area contributed by atoms with E-state index >= 15 is 0 Å². The molecule has 0 aliphatic carbocycles. The third-order valence-corrected chi connectivity index (χ3v) is 2.15. The molecule has 15 heavy (non-hydrogen) atoms. The number of rotatable bonds is 1. The zero-order chi connectivity index (χ0) is 10.8. The van der Waals surface area contributed by atoms with Crippen LogP contribution in [0.1, 0.15) is 5.56 Å². The fourth-order valence-corrected chi connectivity index (χ4v) is 1.28. The molecular weight excluding hydrogens is 214 g/mol. The minimum atomic E-state index is 0.226. The van der Waals surface area contributed by atoms with Crippen LogP contribution in [0.15, 0.2) is 24.7 Å². The maximum absolute atomic E-state index is 8.87. The summed E-state index contributed by atoms with van der Waals surface area (Å²) in [6.07, 6.45) is 4.60. The third-order valence-electron chi connectivity index (χ3n) is 1.86. The van der Waals surface area contributed by atoms with Gasteiger partial charge >= 0.3 is 0 Å². The number of nitrogens with two attached hydrogens (primary N) is 1. The molecule has 2 heterocycles. The van der Waals surface area contributed by atoms with E-state index in [-0.39, 0.29) is 5.82 Å². The number of nitriles is 1. The van der Waals surface area contributed by atoms with Crippen molar-refractivity contribution in [3.63, 3.8) is 0 Å². The van der Waals surface area contributed by atoms with Crippen LogP contribution in [0.4, 0.5) is 5.82 Å². The molecule has 0 bridgehead atoms. The van der Waals surface area contributed by atoms with Gasteiger partial charge < -0.3 is 5.73 Å². The smallest absolute Gasteiger partial charge is 0.164 e. The average molecular weight is 220 g/mol. The normalized spacial score (nSPS) is 9.87. The van der Waals surface area contributed by atoms with E-state index < -0.39 is 0 Å². The molecule has 0 atom stereocenters. The largest absolute Gasteiger partial charge is 0.381 e. The number of aromatic nitrogens is 3. The van der Waals surface area contributed by atoms with Crippen LogP contribution < -0.4 is 5.73 Å². The van der Waals surface area contributed by atoms with Crippen molar-refractivity contribution >= 4 is 17.4 Å². The summed E-state index contributed by atoms with van der Waals surface area (Å²) in [6, 6.07) is 3.64. The topological polar surface area (TPSA) is 80.5 Å². The first-order valence-corrected chi connectivity index (χ1v) is 4.45. The van der Waals surface area contributed by atoms with E-state index in [1.807, 2.05) is 6.07 Å². The average Bonchev–Trinajstić information content (AvgIpc) is 2.59. The summed E-state index contributed by atoms with van der Waals surface area (Å²) in [7, 11) is 0. The Kier molecular flexibility index (Phi) is 2.27. The van der Waals surface area contributed by atoms with Gasteiger partial charge in [-0.25, -0.2) is 4.68 Å². The van der Waals surface area contributed by atoms with E-state index in [1.165, 1.54) is 23.3 Å². The molecule has 0 aliphatic heterocycles. The Morgan fingerprint density at radius 2 is 2.33 bits per heavy atom. The first kappa shape index (κ1) is 9.49. The highest BCUT2D eigenvalue weighted by molar-refractivity contribution is 6.32. The van der Waals surface area contributed by atoms with Crippen LogP contribution in [-0.4, -0.2) is 14.8 Å². The Morgan fingerprint density at radius 1 is 1.53 bits per heavy atom. The summed E-state index contributed by atoms with van der Waals surface area (Å²) in [4.78, 5) is 3.91. The first-order chi connectivity index (χ1) is 7.22. The van der Waals surface area contributed by atoms with Gasteiger partial charge in [0.2, 0.25) is 0 Å². The van der Waals surface area contributed by atoms with Crippen molar-refractivity contribution in [1.29, 1.82) is 5.26 Å². The summed E-state index contributed by atoms with van der Waals surface area (Å²) in [5, 5.41) is 13.2. The highest BCUT2D eigenvalue weighted by atomic mass is 35.5. The number of halogens is 1. The van der Waals surface area contributed by atoms with Crippen LogP contribution in [0.5, 0.6) is 0 Å². The lowest BCUT2D eigenvalue weighted by Gasteiger charge is -2.01. The fourth-order valence-electron chi connectivity index (χ4n) is 1.15. The van der Waals surface area contributed by atoms with E-state index in [4.69, 9.17) is 22.6 Å². The summed E-state index contributed by atoms with van der Waals surface area (Å²) in [5.41, 5.74) is 6.52. The second-order valence-electron chi connectivity index (χ2n) is 2.81. The summed E-state index contributed by atoms with van der Waals surface area (Å²) >= 11 is 5.76. The zero-order valence-corrected chi connectivity index (χ0v) is 8.31. The van der Waals surface area contributed by atoms with Crippen molar-refractivity contribution in [3.05, 3.63) is 35.2 Å². The minimum absolute atomic E-state index is 0.226. The van der Waals surface area contributed by atoms with Gasteiger partial charge in [-0.05, 0) is 6.07 Å². The van der Waals surface area contributed by atoms with E-state index in [0.717, 1.165) is 0 Å². The maximum atomic E-state index is 8.87. The van der Waals surface area contributed by atoms with Gasteiger partial charge in [0.25, 0.3) is 0 Å². The van der Waals surface area contributed by atoms with Crippen molar-refractivity contribution in [3.8, 4) is 11.8 Å². The molecule has 0 aliphatic rings. The van der Waals surface area contributed by atoms with Gasteiger partial charge in [0.1, 0.15) is 16.8 Å². The van der Waals surface area contributed by atoms with Gasteiger partial charge in [0, 0.05) is 6.20 Å². The minimum Gasteiger partial charge on any atom is -0.381 e. The number of anilines is 1. The molecule has 74 valence electrons. The molecule has 2 N–H and O–H groups in total. The Balaban J connectivity index is 2.59. The number of hydrogen-bond acceptors (Lipinski definition) is 4. The molecule has 0 unspecified atom stereocenters. The monoisotopic (exact) mass is 219 g/mol. The molecule has 0 radical (unpaired) electrons. The number of pyridine rings is 1. The van der Waals surface area contributed by atoms with Gasteiger partial charge in [0.05, 0.1) is 18.0 Å². The van der Waals surface area contributed by atoms with Crippen molar-refractivity contribution in [2.24, 2.45) is 0 Å². The van der Waals surface area contributed by atoms with Gasteiger partial charge in [-0.3, -0.25) is 4.98 Å². The van der Waals surface area contributed by atoms with Crippen LogP contribution >= 0.6 is 11.6 Å². The second-order valence-corrected chi connectivity index (χ2v) is 3.22. The lowest BCUT2D eigenvalue weighted by molar-refractivity contribution is 0.875. The molecule has 2 aromatic rings. The zero-order valence-electron chi connectivity index (χ0n) is 7.55. The van der Waals surface area contributed by atoms with E-state index in [1.54, 1.807) is 6.07 Å². The molecule has 6 heteroatoms. The SMILES string of the molecule is N#Cc1ccncc1-n1cc(Cl)c(N)n1. The van der Waals surface area contributed by atoms with Gasteiger partial charge in [-0.1, -0.05) is 11.6 Å². The first-order valence-electron chi connectivity index (χ1n) is 4.07. The molecule has 5 nitrogen and oxygen atoms in total. The number of nitrogen functional groups attached to an aromatic ring is 1. The Morgan fingerprint density at radius 3 is 2.93 bits per heavy atom. The molecule has 0 aromatic carbocycles. The molecular formula is C9H6ClN5. The highest BCUT2D eigenvalue weighted by Crippen LogP contribution is 2.19. The van der Waals surface area contributed by atoms with E-state index in [9.17, 15) is 0 Å². The molecule has 0 amide bonds. The Bertz CT molecular complexity index is 520. The molecule has 0 saturated carbocycles. The van der Waals surface area contributed by atoms with Crippen molar-refractivity contribution < 1.29 is 0 Å². The number of hydrogen-bond donors (Lipinski definition) is 1. The molecule has 0 spiro atoms. The molecule has 2 rings (SSSR count). The predicted octanol–water partition coefficient (Wildman–Crippen LogP) is 1.37. The summed E-state index contributed by atoms with van der Waals surface area (Å²) in [5.74, 6) is 0.226. The molecule has 2 aromatic heterocycles. The van der Waals surface area contributed by atoms with Crippen LogP contribution in [0.3, 0.4) is 0 Å². The summed E-state index contributed by atoms with van der Waals surface area (Å²) < 4.78 is 1.43. The number of nitrogens with zero attached hydrogens (tertiary/aromatic N) is 4. The highest BCUT2D eigenvalue weighted by Gasteiger charge is 2.08. The summed E-state index contributed by atoms with van der Waals surface area (Å²) in [6.45, 7) is 0. The maximum Gasteiger partial charge on any atom is 0.164 e. The van der Waals surface area contributed by atoms with Crippen molar-refractivity contribution in [2.45, 2.75) is 0 Å². The predicted molar refractivity (Wildman–Crippen MR) is 55.5 cm³/mol. The van der Waals surface area contributed by atoms with E-state index in [0.29, 0.717) is 16.3 Å². The quantitative estimate of drug-likeness (QED) is 0.786. The van der Waals surface area contributed by atoms with E-state index in [2.05, 4.69) is 10.1 Å². The van der Waals surface area contributed by atoms with Crippen molar-refractivity contribution in [2.75, 3.05) is 5.73 Å². The van der Waals surface area contributed by atoms with Gasteiger partial charge in [-0.2, -0.15) is 5.26 Å². The van der Waals surface area contributed by atoms with Crippen LogP contribution in [0.2, 0.25) is 5.02 Å². The fraction of sp³-hybridized carbons (Fsp3) is 0. The Hall–Kier alpha value is -2.06. The van der Waals surface area contributed by atoms with Crippen LogP contribution in [-0.2, 0) is 0 Å². The lowest BCUT2D eigenvalue weighted by atomic mass is 10.2. The van der Waals surface area contributed by atoms with Gasteiger partial charge in [0.15, 0.2) is 5.82 Å². The van der Waals surface area contributed by atoms with Gasteiger partial charge in [-0.15, -0.1) is 5.10 Å². The van der Waals surface area contributed by atoms with Crippen LogP contribution in [0, 0.1) is 11.3 Å². The second kappa shape index (κ2) is 3.59. The third kappa shape index (κ3) is 1.63.